The number of fused-ring (bicyclic) bond motifs is 1. The van der Waals surface area contributed by atoms with Crippen LogP contribution in [0.15, 0.2) is 71.8 Å². The Balaban J connectivity index is 1.49. The largest absolute Gasteiger partial charge is 0.506 e. The summed E-state index contributed by atoms with van der Waals surface area (Å²) in [6.45, 7) is 2.58. The number of hydrogen-bond acceptors (Lipinski definition) is 5. The molecule has 33 heavy (non-hydrogen) atoms. The number of nitrogens with one attached hydrogen (secondary N) is 1. The number of benzene rings is 3. The third kappa shape index (κ3) is 3.89. The Kier molecular flexibility index (Phi) is 5.42. The first-order valence-electron chi connectivity index (χ1n) is 10.7. The smallest absolute Gasteiger partial charge is 0.286 e. The Morgan fingerprint density at radius 3 is 2.64 bits per heavy atom. The van der Waals surface area contributed by atoms with Crippen LogP contribution in [0.3, 0.4) is 0 Å². The lowest BCUT2D eigenvalue weighted by Gasteiger charge is -2.27. The van der Waals surface area contributed by atoms with Crippen molar-refractivity contribution in [3.05, 3.63) is 88.7 Å². The van der Waals surface area contributed by atoms with Gasteiger partial charge in [0.15, 0.2) is 0 Å². The summed E-state index contributed by atoms with van der Waals surface area (Å²) in [5.74, 6) is -1.05. The van der Waals surface area contributed by atoms with Crippen LogP contribution in [0.4, 0.5) is 15.8 Å². The number of phenolic OH excluding ortho intramolecular Hbond substituents is 1. The van der Waals surface area contributed by atoms with E-state index >= 15 is 0 Å². The van der Waals surface area contributed by atoms with Crippen LogP contribution in [0.2, 0.25) is 5.02 Å². The van der Waals surface area contributed by atoms with Crippen LogP contribution in [0.5, 0.6) is 5.75 Å². The Bertz CT molecular complexity index is 1250. The van der Waals surface area contributed by atoms with Crippen LogP contribution in [-0.2, 0) is 11.2 Å². The number of hydrazone groups is 1. The van der Waals surface area contributed by atoms with Gasteiger partial charge in [0.25, 0.3) is 5.91 Å². The van der Waals surface area contributed by atoms with Gasteiger partial charge in [0.2, 0.25) is 0 Å². The van der Waals surface area contributed by atoms with Gasteiger partial charge in [0, 0.05) is 23.6 Å². The minimum Gasteiger partial charge on any atom is -0.506 e. The number of para-hydroxylation sites is 1. The van der Waals surface area contributed by atoms with E-state index < -0.39 is 6.04 Å². The Labute approximate surface area is 195 Å². The lowest BCUT2D eigenvalue weighted by molar-refractivity contribution is -0.115. The van der Waals surface area contributed by atoms with E-state index in [1.807, 2.05) is 36.2 Å². The summed E-state index contributed by atoms with van der Waals surface area (Å²) in [5.41, 5.74) is 6.63. The fraction of sp³-hybridized carbons (Fsp3) is 0.200. The van der Waals surface area contributed by atoms with E-state index in [4.69, 9.17) is 11.6 Å². The zero-order valence-corrected chi connectivity index (χ0v) is 18.6. The van der Waals surface area contributed by atoms with Crippen molar-refractivity contribution in [1.82, 2.24) is 5.43 Å². The fourth-order valence-electron chi connectivity index (χ4n) is 4.50. The molecule has 3 aromatic carbocycles. The second-order valence-corrected chi connectivity index (χ2v) is 8.66. The quantitative estimate of drug-likeness (QED) is 0.580. The van der Waals surface area contributed by atoms with Crippen molar-refractivity contribution in [1.29, 1.82) is 0 Å². The van der Waals surface area contributed by atoms with Crippen molar-refractivity contribution in [2.75, 3.05) is 16.6 Å². The van der Waals surface area contributed by atoms with Crippen molar-refractivity contribution in [3.8, 4) is 5.75 Å². The molecule has 2 aliphatic heterocycles. The number of nitrogens with zero attached hydrogens (tertiary/aromatic N) is 3. The molecule has 168 valence electrons. The van der Waals surface area contributed by atoms with Crippen LogP contribution in [0.1, 0.15) is 24.1 Å². The molecule has 0 spiro atoms. The van der Waals surface area contributed by atoms with Crippen LogP contribution in [0.25, 0.3) is 0 Å². The number of rotatable bonds is 4. The molecule has 0 radical (unpaired) electrons. The maximum Gasteiger partial charge on any atom is 0.286 e. The standard InChI is InChI=1S/C25H22ClFN4O2/c1-15-23(25(33)29-30-13-12-16-4-2-3-5-20(16)30)28-31(21-11-8-18(26)14-22(21)32)24(15)17-6-9-19(27)10-7-17/h2-11,14-15,24,32H,12-13H2,1H3,(H,29,33). The lowest BCUT2D eigenvalue weighted by Crippen LogP contribution is -2.45. The predicted molar refractivity (Wildman–Crippen MR) is 127 cm³/mol. The summed E-state index contributed by atoms with van der Waals surface area (Å²) in [6.07, 6.45) is 0.849. The van der Waals surface area contributed by atoms with Crippen LogP contribution in [-0.4, -0.2) is 23.3 Å². The molecule has 0 aromatic heterocycles. The Morgan fingerprint density at radius 1 is 1.12 bits per heavy atom. The van der Waals surface area contributed by atoms with Crippen LogP contribution >= 0.6 is 11.6 Å². The molecular weight excluding hydrogens is 443 g/mol. The number of carbonyl (C=O) groups is 1. The average Bonchev–Trinajstić information content (AvgIpc) is 3.36. The van der Waals surface area contributed by atoms with Crippen molar-refractivity contribution < 1.29 is 14.3 Å². The molecule has 2 atom stereocenters. The number of aromatic hydroxyl groups is 1. The summed E-state index contributed by atoms with van der Waals surface area (Å²) in [7, 11) is 0. The summed E-state index contributed by atoms with van der Waals surface area (Å²) >= 11 is 6.01. The van der Waals surface area contributed by atoms with E-state index in [-0.39, 0.29) is 23.4 Å². The van der Waals surface area contributed by atoms with E-state index in [1.165, 1.54) is 23.8 Å². The fourth-order valence-corrected chi connectivity index (χ4v) is 4.67. The van der Waals surface area contributed by atoms with Crippen LogP contribution < -0.4 is 15.4 Å². The minimum absolute atomic E-state index is 0.0549. The molecule has 0 fully saturated rings. The van der Waals surface area contributed by atoms with Gasteiger partial charge in [-0.1, -0.05) is 48.9 Å². The van der Waals surface area contributed by atoms with Crippen molar-refractivity contribution in [2.45, 2.75) is 19.4 Å². The van der Waals surface area contributed by atoms with Gasteiger partial charge >= 0.3 is 0 Å². The first-order valence-corrected chi connectivity index (χ1v) is 11.1. The van der Waals surface area contributed by atoms with Gasteiger partial charge in [-0.3, -0.25) is 20.2 Å². The van der Waals surface area contributed by atoms with Gasteiger partial charge in [-0.25, -0.2) is 4.39 Å². The van der Waals surface area contributed by atoms with Gasteiger partial charge in [-0.15, -0.1) is 0 Å². The molecule has 8 heteroatoms. The van der Waals surface area contributed by atoms with Gasteiger partial charge in [-0.2, -0.15) is 5.10 Å². The van der Waals surface area contributed by atoms with Gasteiger partial charge in [0.05, 0.1) is 11.7 Å². The van der Waals surface area contributed by atoms with Gasteiger partial charge in [-0.05, 0) is 47.9 Å². The summed E-state index contributed by atoms with van der Waals surface area (Å²) in [5, 5.41) is 19.0. The zero-order valence-electron chi connectivity index (χ0n) is 17.9. The molecule has 1 amide bonds. The molecule has 3 aromatic rings. The molecule has 2 aliphatic rings. The molecule has 0 saturated carbocycles. The monoisotopic (exact) mass is 464 g/mol. The molecular formula is C25H22ClFN4O2. The highest BCUT2D eigenvalue weighted by molar-refractivity contribution is 6.40. The number of phenols is 1. The molecule has 0 aliphatic carbocycles. The van der Waals surface area contributed by atoms with E-state index in [2.05, 4.69) is 10.5 Å². The van der Waals surface area contributed by atoms with Crippen molar-refractivity contribution in [2.24, 2.45) is 11.0 Å². The Morgan fingerprint density at radius 2 is 1.88 bits per heavy atom. The molecule has 2 unspecified atom stereocenters. The maximum atomic E-state index is 13.6. The second kappa shape index (κ2) is 8.41. The van der Waals surface area contributed by atoms with Gasteiger partial charge in [0.1, 0.15) is 23.0 Å². The highest BCUT2D eigenvalue weighted by Crippen LogP contribution is 2.43. The molecule has 0 bridgehead atoms. The van der Waals surface area contributed by atoms with E-state index in [1.54, 1.807) is 29.3 Å². The lowest BCUT2D eigenvalue weighted by atomic mass is 9.91. The highest BCUT2D eigenvalue weighted by Gasteiger charge is 2.40. The first kappa shape index (κ1) is 21.3. The van der Waals surface area contributed by atoms with E-state index in [0.29, 0.717) is 23.0 Å². The van der Waals surface area contributed by atoms with Crippen molar-refractivity contribution in [3.63, 3.8) is 0 Å². The third-order valence-electron chi connectivity index (χ3n) is 6.14. The Hall–Kier alpha value is -3.58. The predicted octanol–water partition coefficient (Wildman–Crippen LogP) is 4.83. The topological polar surface area (TPSA) is 68.2 Å². The maximum absolute atomic E-state index is 13.6. The average molecular weight is 465 g/mol. The molecule has 6 nitrogen and oxygen atoms in total. The number of halogens is 2. The number of amides is 1. The molecule has 2 N–H and O–H groups in total. The second-order valence-electron chi connectivity index (χ2n) is 8.22. The van der Waals surface area contributed by atoms with Crippen molar-refractivity contribution >= 4 is 34.6 Å². The SMILES string of the molecule is CC1C(C(=O)NN2CCc3ccccc32)=NN(c2ccc(Cl)cc2O)C1c1ccc(F)cc1. The highest BCUT2D eigenvalue weighted by atomic mass is 35.5. The third-order valence-corrected chi connectivity index (χ3v) is 6.37. The first-order chi connectivity index (χ1) is 15.9. The van der Waals surface area contributed by atoms with E-state index in [9.17, 15) is 14.3 Å². The molecule has 0 saturated heterocycles. The van der Waals surface area contributed by atoms with Gasteiger partial charge < -0.3 is 5.11 Å². The summed E-state index contributed by atoms with van der Waals surface area (Å²) < 4.78 is 13.6. The number of anilines is 2. The summed E-state index contributed by atoms with van der Waals surface area (Å²) in [4.78, 5) is 13.3. The zero-order chi connectivity index (χ0) is 23.1. The normalized spacial score (nSPS) is 19.4. The van der Waals surface area contributed by atoms with Crippen LogP contribution in [0, 0.1) is 11.7 Å². The molecule has 5 rings (SSSR count). The van der Waals surface area contributed by atoms with E-state index in [0.717, 1.165) is 17.7 Å². The number of hydrazine groups is 1. The molecule has 2 heterocycles. The minimum atomic E-state index is -0.413. The number of hydrogen-bond donors (Lipinski definition) is 2. The summed E-state index contributed by atoms with van der Waals surface area (Å²) in [6, 6.07) is 18.4. The number of carbonyl (C=O) groups excluding carboxylic acids is 1.